The number of nitrogens with zero attached hydrogens (tertiary/aromatic N) is 2. The number of piperazine rings is 1. The van der Waals surface area contributed by atoms with Crippen molar-refractivity contribution < 1.29 is 33.4 Å². The van der Waals surface area contributed by atoms with Crippen LogP contribution < -0.4 is 15.4 Å². The van der Waals surface area contributed by atoms with Gasteiger partial charge in [-0.3, -0.25) is 9.59 Å². The third-order valence-corrected chi connectivity index (χ3v) is 7.04. The van der Waals surface area contributed by atoms with Crippen molar-refractivity contribution in [3.05, 3.63) is 89.5 Å². The van der Waals surface area contributed by atoms with E-state index < -0.39 is 11.8 Å². The van der Waals surface area contributed by atoms with Crippen LogP contribution in [-0.4, -0.2) is 72.8 Å². The summed E-state index contributed by atoms with van der Waals surface area (Å²) in [7, 11) is 1.22. The van der Waals surface area contributed by atoms with Crippen molar-refractivity contribution in [1.82, 2.24) is 9.80 Å². The number of methoxy groups -OCH3 is 1. The Balaban J connectivity index is 1.34. The summed E-state index contributed by atoms with van der Waals surface area (Å²) in [5, 5.41) is 6.22. The van der Waals surface area contributed by atoms with Crippen molar-refractivity contribution in [2.45, 2.75) is 26.4 Å². The van der Waals surface area contributed by atoms with Crippen LogP contribution in [0.3, 0.4) is 0 Å². The molecule has 2 aliphatic heterocycles. The van der Waals surface area contributed by atoms with E-state index >= 15 is 0 Å². The average Bonchev–Trinajstić information content (AvgIpc) is 3.34. The first-order valence-electron chi connectivity index (χ1n) is 14.2. The molecule has 44 heavy (non-hydrogen) atoms. The largest absolute Gasteiger partial charge is 0.513 e. The molecule has 11 heteroatoms. The van der Waals surface area contributed by atoms with Gasteiger partial charge in [0.25, 0.3) is 11.8 Å². The minimum Gasteiger partial charge on any atom is -0.444 e. The van der Waals surface area contributed by atoms with E-state index in [1.165, 1.54) is 7.11 Å². The lowest BCUT2D eigenvalue weighted by molar-refractivity contribution is -0.110. The Labute approximate surface area is 255 Å². The predicted molar refractivity (Wildman–Crippen MR) is 165 cm³/mol. The number of hydrogen-bond donors (Lipinski definition) is 2. The molecule has 2 N–H and O–H groups in total. The van der Waals surface area contributed by atoms with Crippen LogP contribution in [0.2, 0.25) is 0 Å². The van der Waals surface area contributed by atoms with E-state index in [1.54, 1.807) is 52.3 Å². The first-order chi connectivity index (χ1) is 21.0. The molecular weight excluding hydrogens is 564 g/mol. The van der Waals surface area contributed by atoms with Gasteiger partial charge in [0.1, 0.15) is 11.4 Å². The van der Waals surface area contributed by atoms with Gasteiger partial charge in [0.2, 0.25) is 0 Å². The van der Waals surface area contributed by atoms with Crippen LogP contribution in [0.4, 0.5) is 21.0 Å². The summed E-state index contributed by atoms with van der Waals surface area (Å²) in [6, 6.07) is 21.3. The second-order valence-electron chi connectivity index (χ2n) is 11.3. The maximum atomic E-state index is 13.3. The average molecular weight is 599 g/mol. The second-order valence-corrected chi connectivity index (χ2v) is 11.3. The lowest BCUT2D eigenvalue weighted by atomic mass is 10.00. The highest BCUT2D eigenvalue weighted by atomic mass is 16.7. The number of nitrogens with one attached hydrogen (secondary N) is 2. The lowest BCUT2D eigenvalue weighted by Crippen LogP contribution is -2.51. The molecule has 0 aliphatic carbocycles. The first-order valence-corrected chi connectivity index (χ1v) is 14.2. The Bertz CT molecular complexity index is 1600. The van der Waals surface area contributed by atoms with Crippen LogP contribution in [-0.2, 0) is 14.3 Å². The highest BCUT2D eigenvalue weighted by molar-refractivity contribution is 6.37. The number of amides is 3. The molecule has 1 saturated heterocycles. The third kappa shape index (κ3) is 6.83. The summed E-state index contributed by atoms with van der Waals surface area (Å²) in [5.41, 5.74) is 3.51. The van der Waals surface area contributed by atoms with Gasteiger partial charge in [0, 0.05) is 49.1 Å². The fourth-order valence-electron chi connectivity index (χ4n) is 4.93. The van der Waals surface area contributed by atoms with Crippen molar-refractivity contribution >= 4 is 46.7 Å². The highest BCUT2D eigenvalue weighted by Crippen LogP contribution is 2.39. The van der Waals surface area contributed by atoms with Crippen LogP contribution in [0.25, 0.3) is 11.3 Å². The van der Waals surface area contributed by atoms with Crippen molar-refractivity contribution in [2.24, 2.45) is 0 Å². The van der Waals surface area contributed by atoms with E-state index in [-0.39, 0.29) is 23.7 Å². The van der Waals surface area contributed by atoms with Gasteiger partial charge in [-0.2, -0.15) is 0 Å². The molecule has 0 aromatic heterocycles. The Morgan fingerprint density at radius 2 is 1.50 bits per heavy atom. The molecule has 0 atom stereocenters. The van der Waals surface area contributed by atoms with Crippen LogP contribution in [0.15, 0.2) is 72.8 Å². The first kappa shape index (κ1) is 30.1. The molecule has 0 radical (unpaired) electrons. The van der Waals surface area contributed by atoms with Gasteiger partial charge in [-0.05, 0) is 62.7 Å². The van der Waals surface area contributed by atoms with Gasteiger partial charge in [-0.15, -0.1) is 0 Å². The number of hydrogen-bond acceptors (Lipinski definition) is 8. The number of benzene rings is 3. The predicted octanol–water partition coefficient (Wildman–Crippen LogP) is 5.46. The molecule has 1 fully saturated rings. The summed E-state index contributed by atoms with van der Waals surface area (Å²) >= 11 is 0. The number of carbonyl (C=O) groups is 4. The fourth-order valence-corrected chi connectivity index (χ4v) is 4.93. The Morgan fingerprint density at radius 1 is 0.841 bits per heavy atom. The van der Waals surface area contributed by atoms with E-state index in [9.17, 15) is 19.2 Å². The zero-order valence-corrected chi connectivity index (χ0v) is 25.0. The quantitative estimate of drug-likeness (QED) is 0.225. The summed E-state index contributed by atoms with van der Waals surface area (Å²) in [5.74, 6) is -0.215. The van der Waals surface area contributed by atoms with Gasteiger partial charge in [-0.1, -0.05) is 30.3 Å². The molecular formula is C33H34N4O7. The summed E-state index contributed by atoms with van der Waals surface area (Å²) < 4.78 is 15.1. The number of carbonyl (C=O) groups excluding carboxylic acids is 4. The highest BCUT2D eigenvalue weighted by Gasteiger charge is 2.30. The third-order valence-electron chi connectivity index (χ3n) is 7.04. The van der Waals surface area contributed by atoms with Crippen molar-refractivity contribution in [2.75, 3.05) is 43.9 Å². The molecule has 5 rings (SSSR count). The summed E-state index contributed by atoms with van der Waals surface area (Å²) in [4.78, 5) is 53.7. The molecule has 0 unspecified atom stereocenters. The molecule has 3 aromatic rings. The minimum atomic E-state index is -0.860. The summed E-state index contributed by atoms with van der Waals surface area (Å²) in [6.45, 7) is 7.07. The minimum absolute atomic E-state index is 0.129. The van der Waals surface area contributed by atoms with E-state index in [4.69, 9.17) is 9.47 Å². The molecule has 11 nitrogen and oxygen atoms in total. The molecule has 3 amide bonds. The number of ether oxygens (including phenoxy) is 3. The van der Waals surface area contributed by atoms with Crippen molar-refractivity contribution in [3.8, 4) is 5.75 Å². The standard InChI is InChI=1S/C33H34N4O7/c1-33(2,3)44-31(40)37-18-16-36(17-19-37)30(39)22-10-12-23(13-11-22)34-28(21-8-6-5-7-9-21)27-25-15-14-24(43-32(41)42-4)20-26(25)35-29(27)38/h5-15,20,34H,16-19H2,1-4H3,(H,35,38)/b28-27-. The Kier molecular flexibility index (Phi) is 8.57. The Hall–Kier alpha value is -5.32. The van der Waals surface area contributed by atoms with Crippen molar-refractivity contribution in [3.63, 3.8) is 0 Å². The molecule has 0 spiro atoms. The molecule has 0 bridgehead atoms. The van der Waals surface area contributed by atoms with Crippen LogP contribution >= 0.6 is 0 Å². The SMILES string of the molecule is COC(=O)Oc1ccc2c(c1)NC(=O)/C2=C(\Nc1ccc(C(=O)N2CCN(C(=O)OC(C)(C)C)CC2)cc1)c1ccccc1. The molecule has 228 valence electrons. The van der Waals surface area contributed by atoms with Crippen LogP contribution in [0, 0.1) is 0 Å². The van der Waals surface area contributed by atoms with Crippen LogP contribution in [0.5, 0.6) is 5.75 Å². The molecule has 0 saturated carbocycles. The Morgan fingerprint density at radius 3 is 2.14 bits per heavy atom. The van der Waals surface area contributed by atoms with E-state index in [1.807, 2.05) is 51.1 Å². The maximum absolute atomic E-state index is 13.3. The van der Waals surface area contributed by atoms with Crippen LogP contribution in [0.1, 0.15) is 42.3 Å². The van der Waals surface area contributed by atoms with Gasteiger partial charge in [0.05, 0.1) is 24.1 Å². The van der Waals surface area contributed by atoms with Gasteiger partial charge in [-0.25, -0.2) is 9.59 Å². The van der Waals surface area contributed by atoms with Crippen molar-refractivity contribution in [1.29, 1.82) is 0 Å². The zero-order valence-electron chi connectivity index (χ0n) is 25.0. The smallest absolute Gasteiger partial charge is 0.444 e. The monoisotopic (exact) mass is 598 g/mol. The second kappa shape index (κ2) is 12.5. The van der Waals surface area contributed by atoms with E-state index in [0.717, 1.165) is 5.56 Å². The molecule has 2 heterocycles. The van der Waals surface area contributed by atoms with Gasteiger partial charge < -0.3 is 34.6 Å². The normalized spacial score (nSPS) is 15.6. The molecule has 3 aromatic carbocycles. The number of anilines is 2. The van der Waals surface area contributed by atoms with Gasteiger partial charge in [0.15, 0.2) is 0 Å². The lowest BCUT2D eigenvalue weighted by Gasteiger charge is -2.35. The van der Waals surface area contributed by atoms with Gasteiger partial charge >= 0.3 is 12.2 Å². The maximum Gasteiger partial charge on any atom is 0.513 e. The topological polar surface area (TPSA) is 127 Å². The summed E-state index contributed by atoms with van der Waals surface area (Å²) in [6.07, 6.45) is -1.24. The fraction of sp³-hybridized carbons (Fsp3) is 0.273. The van der Waals surface area contributed by atoms with E-state index in [0.29, 0.717) is 60.0 Å². The van der Waals surface area contributed by atoms with E-state index in [2.05, 4.69) is 15.4 Å². The number of rotatable bonds is 5. The molecule has 2 aliphatic rings. The number of fused-ring (bicyclic) bond motifs is 1. The zero-order chi connectivity index (χ0) is 31.4.